The van der Waals surface area contributed by atoms with Crippen LogP contribution in [0.2, 0.25) is 0 Å². The smallest absolute Gasteiger partial charge is 0.306 e. The summed E-state index contributed by atoms with van der Waals surface area (Å²) in [4.78, 5) is 37.5. The van der Waals surface area contributed by atoms with Gasteiger partial charge in [0.15, 0.2) is 6.10 Å². The fourth-order valence-electron chi connectivity index (χ4n) is 5.54. The van der Waals surface area contributed by atoms with Crippen molar-refractivity contribution in [2.45, 2.75) is 174 Å². The highest BCUT2D eigenvalue weighted by molar-refractivity contribution is 7.45. The lowest BCUT2D eigenvalue weighted by Crippen LogP contribution is -2.37. The molecular formula is C46H82NO8P. The fourth-order valence-corrected chi connectivity index (χ4v) is 6.27. The van der Waals surface area contributed by atoms with Gasteiger partial charge in [-0.1, -0.05) is 145 Å². The van der Waals surface area contributed by atoms with Gasteiger partial charge in [0.2, 0.25) is 0 Å². The number of ether oxygens (including phenoxy) is 2. The van der Waals surface area contributed by atoms with E-state index in [2.05, 4.69) is 68.5 Å². The Morgan fingerprint density at radius 2 is 1.04 bits per heavy atom. The van der Waals surface area contributed by atoms with Crippen molar-refractivity contribution < 1.29 is 42.1 Å². The van der Waals surface area contributed by atoms with Crippen molar-refractivity contribution in [1.82, 2.24) is 0 Å². The van der Waals surface area contributed by atoms with E-state index in [1.54, 1.807) is 0 Å². The Morgan fingerprint density at radius 3 is 1.61 bits per heavy atom. The molecule has 9 nitrogen and oxygen atoms in total. The zero-order valence-electron chi connectivity index (χ0n) is 36.3. The fraction of sp³-hybridized carbons (Fsp3) is 0.739. The van der Waals surface area contributed by atoms with Crippen LogP contribution in [0.4, 0.5) is 0 Å². The van der Waals surface area contributed by atoms with Crippen LogP contribution in [0, 0.1) is 0 Å². The summed E-state index contributed by atoms with van der Waals surface area (Å²) in [6, 6.07) is 0. The minimum atomic E-state index is -4.64. The topological polar surface area (TPSA) is 111 Å². The van der Waals surface area contributed by atoms with Crippen molar-refractivity contribution in [2.75, 3.05) is 47.5 Å². The van der Waals surface area contributed by atoms with Crippen LogP contribution in [-0.2, 0) is 32.7 Å². The molecule has 0 heterocycles. The molecule has 0 aromatic rings. The first-order chi connectivity index (χ1) is 27.0. The summed E-state index contributed by atoms with van der Waals surface area (Å²) in [7, 11) is 1.12. The lowest BCUT2D eigenvalue weighted by Gasteiger charge is -2.28. The Hall–Kier alpha value is -2.29. The molecule has 0 aliphatic heterocycles. The van der Waals surface area contributed by atoms with Gasteiger partial charge in [0.1, 0.15) is 19.8 Å². The van der Waals surface area contributed by atoms with Crippen LogP contribution in [0.15, 0.2) is 60.8 Å². The number of allylic oxidation sites excluding steroid dienone is 10. The normalized spacial score (nSPS) is 14.2. The van der Waals surface area contributed by atoms with Crippen LogP contribution in [0.1, 0.15) is 168 Å². The number of esters is 2. The Balaban J connectivity index is 4.49. The van der Waals surface area contributed by atoms with Gasteiger partial charge in [-0.05, 0) is 70.6 Å². The molecule has 0 aromatic heterocycles. The summed E-state index contributed by atoms with van der Waals surface area (Å²) in [5.41, 5.74) is 0. The third-order valence-electron chi connectivity index (χ3n) is 9.04. The van der Waals surface area contributed by atoms with E-state index < -0.39 is 32.5 Å². The molecule has 0 saturated carbocycles. The number of likely N-dealkylation sites (N-methyl/N-ethyl adjacent to an activating group) is 1. The molecule has 0 aliphatic rings. The standard InChI is InChI=1S/C46H82NO8P/c1-6-8-10-12-14-16-18-20-22-23-25-27-29-31-33-35-37-39-46(49)55-44(43-54-56(50,51)53-41-40-47(3,4)5)42-52-45(48)38-36-34-32-30-28-26-24-21-19-17-15-13-11-9-7-2/h17,19-22,24-25,27,31,33,44H,6-16,18,23,26,28-30,32,34-43H2,1-5H3/b19-17+,22-20+,24-21+,27-25+,33-31+/t44-/m1/s1. The summed E-state index contributed by atoms with van der Waals surface area (Å²) in [6.07, 6.45) is 45.4. The maximum absolute atomic E-state index is 12.6. The van der Waals surface area contributed by atoms with E-state index in [-0.39, 0.29) is 26.1 Å². The van der Waals surface area contributed by atoms with Crippen molar-refractivity contribution in [2.24, 2.45) is 0 Å². The molecular weight excluding hydrogens is 725 g/mol. The molecule has 0 spiro atoms. The van der Waals surface area contributed by atoms with Gasteiger partial charge < -0.3 is 27.9 Å². The largest absolute Gasteiger partial charge is 0.756 e. The number of quaternary nitrogens is 1. The van der Waals surface area contributed by atoms with E-state index in [0.29, 0.717) is 30.3 Å². The molecule has 1 unspecified atom stereocenters. The highest BCUT2D eigenvalue weighted by Gasteiger charge is 2.21. The van der Waals surface area contributed by atoms with Gasteiger partial charge in [0.25, 0.3) is 7.82 Å². The lowest BCUT2D eigenvalue weighted by atomic mass is 10.1. The molecule has 0 rings (SSSR count). The van der Waals surface area contributed by atoms with E-state index in [0.717, 1.165) is 57.8 Å². The van der Waals surface area contributed by atoms with Crippen LogP contribution < -0.4 is 4.89 Å². The molecule has 0 saturated heterocycles. The first kappa shape index (κ1) is 53.7. The molecule has 0 N–H and O–H groups in total. The average molecular weight is 808 g/mol. The highest BCUT2D eigenvalue weighted by Crippen LogP contribution is 2.38. The minimum absolute atomic E-state index is 0.0450. The SMILES string of the molecule is CCCCCC/C=C/C=C/CCCCCCCC(=O)OC[C@H](COP(=O)([O-])OCC[N+](C)(C)C)OC(=O)CCC/C=C/C/C=C/C/C=C/CCCCCCCC. The van der Waals surface area contributed by atoms with E-state index in [9.17, 15) is 19.0 Å². The number of phosphoric ester groups is 1. The number of phosphoric acid groups is 1. The second-order valence-corrected chi connectivity index (χ2v) is 17.1. The van der Waals surface area contributed by atoms with Crippen LogP contribution in [0.5, 0.6) is 0 Å². The predicted octanol–water partition coefficient (Wildman–Crippen LogP) is 11.8. The zero-order valence-corrected chi connectivity index (χ0v) is 37.2. The number of carbonyl (C=O) groups is 2. The van der Waals surface area contributed by atoms with Gasteiger partial charge >= 0.3 is 11.9 Å². The molecule has 2 atom stereocenters. The first-order valence-corrected chi connectivity index (χ1v) is 23.5. The Labute approximate surface area is 343 Å². The Bertz CT molecular complexity index is 1140. The average Bonchev–Trinajstić information content (AvgIpc) is 3.15. The van der Waals surface area contributed by atoms with Gasteiger partial charge in [-0.3, -0.25) is 14.2 Å². The summed E-state index contributed by atoms with van der Waals surface area (Å²) < 4.78 is 33.8. The molecule has 10 heteroatoms. The summed E-state index contributed by atoms with van der Waals surface area (Å²) in [6.45, 7) is 4.11. The monoisotopic (exact) mass is 808 g/mol. The van der Waals surface area contributed by atoms with E-state index >= 15 is 0 Å². The van der Waals surface area contributed by atoms with E-state index in [1.165, 1.54) is 64.2 Å². The second kappa shape index (κ2) is 38.2. The van der Waals surface area contributed by atoms with Crippen molar-refractivity contribution in [1.29, 1.82) is 0 Å². The number of nitrogens with zero attached hydrogens (tertiary/aromatic N) is 1. The highest BCUT2D eigenvalue weighted by atomic mass is 31.2. The molecule has 0 aromatic carbocycles. The minimum Gasteiger partial charge on any atom is -0.756 e. The number of hydrogen-bond acceptors (Lipinski definition) is 8. The van der Waals surface area contributed by atoms with Crippen LogP contribution in [0.3, 0.4) is 0 Å². The maximum atomic E-state index is 12.6. The molecule has 324 valence electrons. The molecule has 56 heavy (non-hydrogen) atoms. The summed E-state index contributed by atoms with van der Waals surface area (Å²) in [5.74, 6) is -0.918. The summed E-state index contributed by atoms with van der Waals surface area (Å²) in [5, 5.41) is 0. The van der Waals surface area contributed by atoms with Crippen molar-refractivity contribution in [3.8, 4) is 0 Å². The van der Waals surface area contributed by atoms with Crippen molar-refractivity contribution >= 4 is 19.8 Å². The summed E-state index contributed by atoms with van der Waals surface area (Å²) >= 11 is 0. The van der Waals surface area contributed by atoms with Gasteiger partial charge in [-0.25, -0.2) is 0 Å². The molecule has 0 bridgehead atoms. The Kier molecular flexibility index (Phi) is 36.7. The quantitative estimate of drug-likeness (QED) is 0.0151. The van der Waals surface area contributed by atoms with Crippen LogP contribution in [0.25, 0.3) is 0 Å². The van der Waals surface area contributed by atoms with Crippen LogP contribution >= 0.6 is 7.82 Å². The van der Waals surface area contributed by atoms with Crippen molar-refractivity contribution in [3.63, 3.8) is 0 Å². The first-order valence-electron chi connectivity index (χ1n) is 22.0. The number of carbonyl (C=O) groups excluding carboxylic acids is 2. The number of unbranched alkanes of at least 4 members (excludes halogenated alkanes) is 16. The lowest BCUT2D eigenvalue weighted by molar-refractivity contribution is -0.870. The van der Waals surface area contributed by atoms with Gasteiger partial charge in [-0.2, -0.15) is 0 Å². The van der Waals surface area contributed by atoms with Crippen molar-refractivity contribution in [3.05, 3.63) is 60.8 Å². The van der Waals surface area contributed by atoms with Gasteiger partial charge in [0.05, 0.1) is 27.7 Å². The molecule has 0 aliphatic carbocycles. The van der Waals surface area contributed by atoms with Gasteiger partial charge in [0, 0.05) is 12.8 Å². The molecule has 0 radical (unpaired) electrons. The van der Waals surface area contributed by atoms with E-state index in [1.807, 2.05) is 27.2 Å². The molecule has 0 amide bonds. The third-order valence-corrected chi connectivity index (χ3v) is 10.0. The predicted molar refractivity (Wildman–Crippen MR) is 231 cm³/mol. The molecule has 0 fully saturated rings. The second-order valence-electron chi connectivity index (χ2n) is 15.7. The maximum Gasteiger partial charge on any atom is 0.306 e. The van der Waals surface area contributed by atoms with Gasteiger partial charge in [-0.15, -0.1) is 0 Å². The Morgan fingerprint density at radius 1 is 0.571 bits per heavy atom. The van der Waals surface area contributed by atoms with E-state index in [4.69, 9.17) is 18.5 Å². The number of hydrogen-bond donors (Lipinski definition) is 0. The zero-order chi connectivity index (χ0) is 41.4. The number of rotatable bonds is 39. The van der Waals surface area contributed by atoms with Crippen LogP contribution in [-0.4, -0.2) is 70.0 Å². The third kappa shape index (κ3) is 41.3.